The van der Waals surface area contributed by atoms with Crippen LogP contribution in [0, 0.1) is 11.3 Å². The van der Waals surface area contributed by atoms with Gasteiger partial charge in [0.2, 0.25) is 0 Å². The molecule has 0 aromatic heterocycles. The van der Waals surface area contributed by atoms with Crippen LogP contribution in [-0.2, 0) is 0 Å². The molecule has 2 aromatic rings. The van der Waals surface area contributed by atoms with E-state index in [1.165, 1.54) is 16.3 Å². The Bertz CT molecular complexity index is 662. The highest BCUT2D eigenvalue weighted by molar-refractivity contribution is 5.95. The lowest BCUT2D eigenvalue weighted by molar-refractivity contribution is 0.726. The normalized spacial score (nSPS) is 14.9. The van der Waals surface area contributed by atoms with Gasteiger partial charge in [0, 0.05) is 18.7 Å². The van der Waals surface area contributed by atoms with E-state index in [2.05, 4.69) is 47.8 Å². The van der Waals surface area contributed by atoms with Gasteiger partial charge in [0.15, 0.2) is 0 Å². The number of rotatable bonds is 1. The van der Waals surface area contributed by atoms with Gasteiger partial charge in [-0.25, -0.2) is 0 Å². The van der Waals surface area contributed by atoms with Crippen LogP contribution in [0.5, 0.6) is 0 Å². The Labute approximate surface area is 119 Å². The lowest BCUT2D eigenvalue weighted by atomic mass is 9.92. The van der Waals surface area contributed by atoms with E-state index in [4.69, 9.17) is 0 Å². The van der Waals surface area contributed by atoms with E-state index < -0.39 is 0 Å². The molecular formula is C16H15ClN2. The van der Waals surface area contributed by atoms with Gasteiger partial charge in [-0.2, -0.15) is 5.26 Å². The van der Waals surface area contributed by atoms with E-state index in [0.29, 0.717) is 0 Å². The maximum Gasteiger partial charge on any atom is 0.0951 e. The molecule has 0 saturated carbocycles. The summed E-state index contributed by atoms with van der Waals surface area (Å²) in [4.78, 5) is 0. The largest absolute Gasteiger partial charge is 0.312 e. The average molecular weight is 271 g/mol. The number of nitriles is 1. The first kappa shape index (κ1) is 13.6. The van der Waals surface area contributed by atoms with Crippen LogP contribution < -0.4 is 5.32 Å². The number of halogens is 1. The van der Waals surface area contributed by atoms with Crippen molar-refractivity contribution in [3.63, 3.8) is 0 Å². The Balaban J connectivity index is 0.00000133. The number of nitrogens with zero attached hydrogens (tertiary/aromatic N) is 1. The fourth-order valence-corrected chi connectivity index (χ4v) is 2.55. The fourth-order valence-electron chi connectivity index (χ4n) is 2.55. The van der Waals surface area contributed by atoms with Gasteiger partial charge in [-0.05, 0) is 28.3 Å². The summed E-state index contributed by atoms with van der Waals surface area (Å²) in [5.74, 6) is 0. The van der Waals surface area contributed by atoms with Gasteiger partial charge in [0.1, 0.15) is 0 Å². The molecule has 3 rings (SSSR count). The van der Waals surface area contributed by atoms with Crippen molar-refractivity contribution in [1.29, 1.82) is 5.26 Å². The summed E-state index contributed by atoms with van der Waals surface area (Å²) in [5.41, 5.74) is 3.27. The van der Waals surface area contributed by atoms with Gasteiger partial charge in [0.05, 0.1) is 6.07 Å². The zero-order chi connectivity index (χ0) is 12.4. The standard InChI is InChI=1S/C16H14N2.ClH/c17-10-13-8-9-18-11-16(13)15-7-3-5-12-4-1-2-6-14(12)15;/h1-7,18H,8-9,11H2;1H. The van der Waals surface area contributed by atoms with Crippen LogP contribution in [0.15, 0.2) is 48.0 Å². The van der Waals surface area contributed by atoms with Gasteiger partial charge in [-0.1, -0.05) is 42.5 Å². The SMILES string of the molecule is Cl.N#CC1=C(c2cccc3ccccc23)CNCC1. The van der Waals surface area contributed by atoms with Gasteiger partial charge in [-0.15, -0.1) is 12.4 Å². The van der Waals surface area contributed by atoms with Crippen LogP contribution in [0.4, 0.5) is 0 Å². The van der Waals surface area contributed by atoms with E-state index in [9.17, 15) is 5.26 Å². The Morgan fingerprint density at radius 2 is 1.84 bits per heavy atom. The molecule has 0 amide bonds. The first-order valence-corrected chi connectivity index (χ1v) is 6.21. The number of fused-ring (bicyclic) bond motifs is 1. The molecule has 0 aliphatic carbocycles. The fraction of sp³-hybridized carbons (Fsp3) is 0.188. The molecule has 2 aromatic carbocycles. The topological polar surface area (TPSA) is 35.8 Å². The van der Waals surface area contributed by atoms with Crippen molar-refractivity contribution in [1.82, 2.24) is 5.32 Å². The molecule has 2 nitrogen and oxygen atoms in total. The third-order valence-corrected chi connectivity index (χ3v) is 3.47. The van der Waals surface area contributed by atoms with Crippen molar-refractivity contribution in [2.45, 2.75) is 6.42 Å². The van der Waals surface area contributed by atoms with Crippen LogP contribution >= 0.6 is 12.4 Å². The number of hydrogen-bond acceptors (Lipinski definition) is 2. The summed E-state index contributed by atoms with van der Waals surface area (Å²) in [6, 6.07) is 17.0. The van der Waals surface area contributed by atoms with E-state index in [-0.39, 0.29) is 12.4 Å². The molecule has 0 radical (unpaired) electrons. The molecule has 19 heavy (non-hydrogen) atoms. The van der Waals surface area contributed by atoms with Crippen molar-refractivity contribution in [2.24, 2.45) is 0 Å². The first-order valence-electron chi connectivity index (χ1n) is 6.21. The average Bonchev–Trinajstić information content (AvgIpc) is 2.46. The second-order valence-corrected chi connectivity index (χ2v) is 4.52. The summed E-state index contributed by atoms with van der Waals surface area (Å²) in [5, 5.41) is 15.1. The Hall–Kier alpha value is -1.82. The summed E-state index contributed by atoms with van der Waals surface area (Å²) >= 11 is 0. The number of benzene rings is 2. The van der Waals surface area contributed by atoms with Crippen LogP contribution in [-0.4, -0.2) is 13.1 Å². The zero-order valence-electron chi connectivity index (χ0n) is 10.5. The third-order valence-electron chi connectivity index (χ3n) is 3.47. The maximum atomic E-state index is 9.26. The lowest BCUT2D eigenvalue weighted by Gasteiger charge is -2.19. The monoisotopic (exact) mass is 270 g/mol. The third kappa shape index (κ3) is 2.49. The van der Waals surface area contributed by atoms with Gasteiger partial charge < -0.3 is 5.32 Å². The highest BCUT2D eigenvalue weighted by atomic mass is 35.5. The van der Waals surface area contributed by atoms with Crippen molar-refractivity contribution in [2.75, 3.05) is 13.1 Å². The summed E-state index contributed by atoms with van der Waals surface area (Å²) in [6.45, 7) is 1.69. The number of hydrogen-bond donors (Lipinski definition) is 1. The summed E-state index contributed by atoms with van der Waals surface area (Å²) in [6.07, 6.45) is 0.828. The zero-order valence-corrected chi connectivity index (χ0v) is 11.3. The van der Waals surface area contributed by atoms with Gasteiger partial charge >= 0.3 is 0 Å². The highest BCUT2D eigenvalue weighted by Crippen LogP contribution is 2.29. The molecule has 0 spiro atoms. The van der Waals surface area contributed by atoms with Crippen LogP contribution in [0.25, 0.3) is 16.3 Å². The van der Waals surface area contributed by atoms with Crippen molar-refractivity contribution < 1.29 is 0 Å². The molecule has 0 unspecified atom stereocenters. The Morgan fingerprint density at radius 1 is 1.05 bits per heavy atom. The molecule has 96 valence electrons. The lowest BCUT2D eigenvalue weighted by Crippen LogP contribution is -2.24. The minimum Gasteiger partial charge on any atom is -0.312 e. The predicted octanol–water partition coefficient (Wildman–Crippen LogP) is 3.53. The van der Waals surface area contributed by atoms with E-state index in [1.54, 1.807) is 0 Å². The highest BCUT2D eigenvalue weighted by Gasteiger charge is 2.15. The van der Waals surface area contributed by atoms with Crippen molar-refractivity contribution >= 4 is 28.8 Å². The van der Waals surface area contributed by atoms with Crippen molar-refractivity contribution in [3.8, 4) is 6.07 Å². The predicted molar refractivity (Wildman–Crippen MR) is 81.2 cm³/mol. The van der Waals surface area contributed by atoms with Crippen LogP contribution in [0.1, 0.15) is 12.0 Å². The maximum absolute atomic E-state index is 9.26. The summed E-state index contributed by atoms with van der Waals surface area (Å²) < 4.78 is 0. The Kier molecular flexibility index (Phi) is 4.21. The quantitative estimate of drug-likeness (QED) is 0.860. The second-order valence-electron chi connectivity index (χ2n) is 4.52. The van der Waals surface area contributed by atoms with Crippen LogP contribution in [0.2, 0.25) is 0 Å². The molecule has 0 saturated heterocycles. The van der Waals surface area contributed by atoms with E-state index in [1.807, 2.05) is 6.07 Å². The Morgan fingerprint density at radius 3 is 2.68 bits per heavy atom. The minimum atomic E-state index is 0. The molecule has 1 aliphatic heterocycles. The minimum absolute atomic E-state index is 0. The molecule has 0 atom stereocenters. The molecule has 1 aliphatic rings. The van der Waals surface area contributed by atoms with Crippen LogP contribution in [0.3, 0.4) is 0 Å². The van der Waals surface area contributed by atoms with Crippen molar-refractivity contribution in [3.05, 3.63) is 53.6 Å². The van der Waals surface area contributed by atoms with E-state index in [0.717, 1.165) is 30.7 Å². The smallest absolute Gasteiger partial charge is 0.0951 e. The molecule has 0 fully saturated rings. The molecule has 3 heteroatoms. The second kappa shape index (κ2) is 5.88. The van der Waals surface area contributed by atoms with E-state index >= 15 is 0 Å². The molecule has 1 heterocycles. The molecular weight excluding hydrogens is 256 g/mol. The molecule has 0 bridgehead atoms. The molecule has 1 N–H and O–H groups in total. The van der Waals surface area contributed by atoms with Gasteiger partial charge in [-0.3, -0.25) is 0 Å². The summed E-state index contributed by atoms with van der Waals surface area (Å²) in [7, 11) is 0. The first-order chi connectivity index (χ1) is 8.90. The number of nitrogens with one attached hydrogen (secondary N) is 1. The van der Waals surface area contributed by atoms with Gasteiger partial charge in [0.25, 0.3) is 0 Å².